The van der Waals surface area contributed by atoms with Crippen molar-refractivity contribution in [1.82, 2.24) is 4.90 Å². The minimum absolute atomic E-state index is 0.154. The van der Waals surface area contributed by atoms with Crippen molar-refractivity contribution in [3.63, 3.8) is 0 Å². The molecule has 1 aliphatic rings. The molecule has 1 heterocycles. The number of hydrogen-bond acceptors (Lipinski definition) is 6. The lowest BCUT2D eigenvalue weighted by Gasteiger charge is -2.32. The van der Waals surface area contributed by atoms with Crippen molar-refractivity contribution >= 4 is 21.4 Å². The van der Waals surface area contributed by atoms with E-state index in [1.165, 1.54) is 6.26 Å². The smallest absolute Gasteiger partial charge is 0.175 e. The van der Waals surface area contributed by atoms with Crippen LogP contribution in [0.3, 0.4) is 0 Å². The zero-order valence-electron chi connectivity index (χ0n) is 17.8. The molecule has 0 aromatic heterocycles. The van der Waals surface area contributed by atoms with Gasteiger partial charge in [-0.2, -0.15) is 5.26 Å². The lowest BCUT2D eigenvalue weighted by molar-refractivity contribution is 0.0517. The van der Waals surface area contributed by atoms with Gasteiger partial charge in [-0.25, -0.2) is 8.42 Å². The van der Waals surface area contributed by atoms with Crippen molar-refractivity contribution in [2.24, 2.45) is 5.92 Å². The molecule has 31 heavy (non-hydrogen) atoms. The van der Waals surface area contributed by atoms with E-state index in [0.717, 1.165) is 13.0 Å². The molecule has 0 amide bonds. The Morgan fingerprint density at radius 1 is 1.29 bits per heavy atom. The Hall–Kier alpha value is -2.11. The third-order valence-corrected chi connectivity index (χ3v) is 7.16. The summed E-state index contributed by atoms with van der Waals surface area (Å²) in [7, 11) is -3.22. The molecule has 3 rings (SSSR count). The highest BCUT2D eigenvalue weighted by Crippen LogP contribution is 2.32. The molecular formula is C23H27ClN2O4S. The molecule has 2 aromatic carbocycles. The zero-order chi connectivity index (χ0) is 22.8. The maximum atomic E-state index is 11.6. The highest BCUT2D eigenvalue weighted by atomic mass is 35.5. The number of likely N-dealkylation sites (tertiary alicyclic amines) is 1. The normalized spacial score (nSPS) is 21.4. The van der Waals surface area contributed by atoms with Gasteiger partial charge < -0.3 is 9.84 Å². The molecule has 0 saturated carbocycles. The number of rotatable bonds is 7. The number of hydrogen-bond donors (Lipinski definition) is 1. The quantitative estimate of drug-likeness (QED) is 0.672. The molecule has 1 fully saturated rings. The first-order valence-corrected chi connectivity index (χ1v) is 12.4. The molecule has 0 bridgehead atoms. The Balaban J connectivity index is 1.61. The van der Waals surface area contributed by atoms with Crippen LogP contribution in [0.25, 0.3) is 0 Å². The van der Waals surface area contributed by atoms with Crippen LogP contribution in [-0.2, 0) is 9.84 Å². The Kier molecular flexibility index (Phi) is 7.28. The second kappa shape index (κ2) is 9.58. The molecule has 2 unspecified atom stereocenters. The first-order valence-electron chi connectivity index (χ1n) is 10.2. The van der Waals surface area contributed by atoms with Gasteiger partial charge in [-0.15, -0.1) is 0 Å². The summed E-state index contributed by atoms with van der Waals surface area (Å²) in [6, 6.07) is 13.6. The summed E-state index contributed by atoms with van der Waals surface area (Å²) in [4.78, 5) is 2.52. The van der Waals surface area contributed by atoms with Crippen LogP contribution in [0.5, 0.6) is 5.75 Å². The maximum absolute atomic E-state index is 11.6. The second-order valence-corrected chi connectivity index (χ2v) is 10.7. The van der Waals surface area contributed by atoms with E-state index in [1.54, 1.807) is 42.5 Å². The molecule has 4 atom stereocenters. The van der Waals surface area contributed by atoms with Gasteiger partial charge in [0.1, 0.15) is 5.75 Å². The number of benzene rings is 2. The Morgan fingerprint density at radius 3 is 2.58 bits per heavy atom. The zero-order valence-corrected chi connectivity index (χ0v) is 19.4. The third kappa shape index (κ3) is 5.78. The topological polar surface area (TPSA) is 90.6 Å². The molecule has 1 N–H and O–H groups in total. The van der Waals surface area contributed by atoms with Gasteiger partial charge in [-0.1, -0.05) is 11.6 Å². The molecule has 0 radical (unpaired) electrons. The van der Waals surface area contributed by atoms with E-state index in [9.17, 15) is 13.5 Å². The highest BCUT2D eigenvalue weighted by Gasteiger charge is 2.35. The van der Waals surface area contributed by atoms with Crippen LogP contribution >= 0.6 is 11.6 Å². The molecule has 0 aliphatic carbocycles. The number of ether oxygens (including phenoxy) is 1. The minimum Gasteiger partial charge on any atom is -0.493 e. The van der Waals surface area contributed by atoms with Gasteiger partial charge in [0, 0.05) is 35.8 Å². The fraction of sp³-hybridized carbons (Fsp3) is 0.435. The molecule has 166 valence electrons. The van der Waals surface area contributed by atoms with Gasteiger partial charge in [0.2, 0.25) is 0 Å². The number of aliphatic hydroxyl groups is 1. The van der Waals surface area contributed by atoms with Crippen LogP contribution in [0.2, 0.25) is 5.02 Å². The maximum Gasteiger partial charge on any atom is 0.175 e. The van der Waals surface area contributed by atoms with Crippen molar-refractivity contribution in [2.75, 3.05) is 19.4 Å². The van der Waals surface area contributed by atoms with E-state index in [0.29, 0.717) is 28.5 Å². The molecule has 2 aromatic rings. The minimum atomic E-state index is -3.22. The van der Waals surface area contributed by atoms with E-state index in [4.69, 9.17) is 21.6 Å². The van der Waals surface area contributed by atoms with Crippen LogP contribution in [0.1, 0.15) is 37.5 Å². The van der Waals surface area contributed by atoms with Crippen molar-refractivity contribution in [1.29, 1.82) is 5.26 Å². The fourth-order valence-corrected chi connectivity index (χ4v) is 5.04. The number of nitrogens with zero attached hydrogens (tertiary/aromatic N) is 2. The van der Waals surface area contributed by atoms with Gasteiger partial charge in [0.25, 0.3) is 0 Å². The van der Waals surface area contributed by atoms with Crippen molar-refractivity contribution in [2.45, 2.75) is 43.4 Å². The van der Waals surface area contributed by atoms with Crippen LogP contribution < -0.4 is 4.74 Å². The van der Waals surface area contributed by atoms with Crippen molar-refractivity contribution in [3.05, 3.63) is 58.6 Å². The van der Waals surface area contributed by atoms with Gasteiger partial charge >= 0.3 is 0 Å². The average Bonchev–Trinajstić information content (AvgIpc) is 3.10. The monoisotopic (exact) mass is 462 g/mol. The van der Waals surface area contributed by atoms with E-state index >= 15 is 0 Å². The fourth-order valence-electron chi connectivity index (χ4n) is 4.16. The number of aliphatic hydroxyl groups excluding tert-OH is 1. The molecule has 1 aliphatic heterocycles. The summed E-state index contributed by atoms with van der Waals surface area (Å²) in [6.07, 6.45) is 1.34. The van der Waals surface area contributed by atoms with Gasteiger partial charge in [0.15, 0.2) is 9.84 Å². The summed E-state index contributed by atoms with van der Waals surface area (Å²) in [5.74, 6) is 0.919. The Labute approximate surface area is 188 Å². The highest BCUT2D eigenvalue weighted by molar-refractivity contribution is 7.90. The predicted octanol–water partition coefficient (Wildman–Crippen LogP) is 3.83. The SMILES string of the molecule is CC(C(O)c1cc(Cl)cc(C#N)c1)N1C[C@@H](COc2ccc(S(C)(=O)=O)cc2)C[C@H]1C. The molecule has 0 spiro atoms. The standard InChI is InChI=1S/C23H27ClN2O4S/c1-15-8-18(14-30-21-4-6-22(7-5-21)31(3,28)29)13-26(15)16(2)23(27)19-9-17(12-25)10-20(24)11-19/h4-7,9-11,15-16,18,23,27H,8,13-14H2,1-3H3/t15-,16?,18+,23?/m1/s1. The Bertz CT molecular complexity index is 1070. The van der Waals surface area contributed by atoms with E-state index in [-0.39, 0.29) is 22.9 Å². The average molecular weight is 463 g/mol. The summed E-state index contributed by atoms with van der Waals surface area (Å²) >= 11 is 6.10. The molecule has 6 nitrogen and oxygen atoms in total. The van der Waals surface area contributed by atoms with Crippen LogP contribution in [0.4, 0.5) is 0 Å². The van der Waals surface area contributed by atoms with Gasteiger partial charge in [-0.05, 0) is 68.3 Å². The molecule has 8 heteroatoms. The molecular weight excluding hydrogens is 436 g/mol. The van der Waals surface area contributed by atoms with Crippen molar-refractivity contribution in [3.8, 4) is 11.8 Å². The van der Waals surface area contributed by atoms with E-state index in [1.807, 2.05) is 6.92 Å². The largest absolute Gasteiger partial charge is 0.493 e. The van der Waals surface area contributed by atoms with Gasteiger partial charge in [-0.3, -0.25) is 4.90 Å². The lowest BCUT2D eigenvalue weighted by atomic mass is 10.00. The first kappa shape index (κ1) is 23.6. The lowest BCUT2D eigenvalue weighted by Crippen LogP contribution is -2.40. The van der Waals surface area contributed by atoms with Crippen LogP contribution in [0.15, 0.2) is 47.4 Å². The van der Waals surface area contributed by atoms with Crippen LogP contribution in [-0.4, -0.2) is 49.9 Å². The summed E-state index contributed by atoms with van der Waals surface area (Å²) < 4.78 is 29.0. The Morgan fingerprint density at radius 2 is 1.97 bits per heavy atom. The number of nitriles is 1. The van der Waals surface area contributed by atoms with Crippen molar-refractivity contribution < 1.29 is 18.3 Å². The number of halogens is 1. The van der Waals surface area contributed by atoms with E-state index in [2.05, 4.69) is 17.9 Å². The van der Waals surface area contributed by atoms with Gasteiger partial charge in [0.05, 0.1) is 29.2 Å². The van der Waals surface area contributed by atoms with Crippen LogP contribution in [0, 0.1) is 17.2 Å². The summed E-state index contributed by atoms with van der Waals surface area (Å²) in [6.45, 7) is 5.38. The van der Waals surface area contributed by atoms with E-state index < -0.39 is 15.9 Å². The summed E-state index contributed by atoms with van der Waals surface area (Å²) in [5.41, 5.74) is 1.06. The second-order valence-electron chi connectivity index (χ2n) is 8.27. The predicted molar refractivity (Wildman–Crippen MR) is 120 cm³/mol. The molecule has 1 saturated heterocycles. The summed E-state index contributed by atoms with van der Waals surface area (Å²) in [5, 5.41) is 20.5. The first-order chi connectivity index (χ1) is 14.6. The number of sulfone groups is 1. The third-order valence-electron chi connectivity index (χ3n) is 5.82.